The zero-order valence-corrected chi connectivity index (χ0v) is 17.6. The number of anilines is 1. The number of nitrogens with one attached hydrogen (secondary N) is 1. The van der Waals surface area contributed by atoms with Crippen LogP contribution in [0.3, 0.4) is 0 Å². The van der Waals surface area contributed by atoms with Crippen molar-refractivity contribution in [3.8, 4) is 0 Å². The number of halogens is 1. The minimum Gasteiger partial charge on any atom is -0.350 e. The van der Waals surface area contributed by atoms with E-state index in [1.165, 1.54) is 23.5 Å². The van der Waals surface area contributed by atoms with Crippen LogP contribution in [-0.4, -0.2) is 28.5 Å². The van der Waals surface area contributed by atoms with Gasteiger partial charge in [0.25, 0.3) is 5.56 Å². The average Bonchev–Trinajstić information content (AvgIpc) is 3.18. The molecule has 3 aromatic rings. The van der Waals surface area contributed by atoms with Crippen LogP contribution in [-0.2, 0) is 11.3 Å². The Morgan fingerprint density at radius 3 is 2.59 bits per heavy atom. The first kappa shape index (κ1) is 21.0. The second-order valence-electron chi connectivity index (χ2n) is 6.77. The Balaban J connectivity index is 1.77. The lowest BCUT2D eigenvalue weighted by atomic mass is 10.1. The van der Waals surface area contributed by atoms with Crippen molar-refractivity contribution in [2.24, 2.45) is 0 Å². The van der Waals surface area contributed by atoms with Crippen LogP contribution < -0.4 is 15.8 Å². The topological polar surface area (TPSA) is 67.2 Å². The number of rotatable bonds is 8. The molecule has 2 heterocycles. The molecule has 6 nitrogen and oxygen atoms in total. The van der Waals surface area contributed by atoms with Crippen molar-refractivity contribution < 1.29 is 9.18 Å². The minimum absolute atomic E-state index is 0.119. The maximum Gasteiger partial charge on any atom is 0.272 e. The number of hydrogen-bond acceptors (Lipinski definition) is 5. The first-order valence-corrected chi connectivity index (χ1v) is 10.6. The molecule has 0 aliphatic heterocycles. The van der Waals surface area contributed by atoms with E-state index in [-0.39, 0.29) is 36.3 Å². The van der Waals surface area contributed by atoms with Crippen LogP contribution in [0.2, 0.25) is 0 Å². The second-order valence-corrected chi connectivity index (χ2v) is 7.68. The lowest BCUT2D eigenvalue weighted by Gasteiger charge is -2.23. The normalized spacial score (nSPS) is 12.1. The van der Waals surface area contributed by atoms with Crippen LogP contribution in [0.1, 0.15) is 38.8 Å². The minimum atomic E-state index is -0.313. The molecule has 0 saturated carbocycles. The number of aromatic nitrogens is 2. The Labute approximate surface area is 173 Å². The van der Waals surface area contributed by atoms with E-state index in [2.05, 4.69) is 10.3 Å². The lowest BCUT2D eigenvalue weighted by Crippen LogP contribution is -2.34. The smallest absolute Gasteiger partial charge is 0.272 e. The van der Waals surface area contributed by atoms with E-state index in [9.17, 15) is 14.0 Å². The highest BCUT2D eigenvalue weighted by atomic mass is 32.1. The molecule has 8 heteroatoms. The summed E-state index contributed by atoms with van der Waals surface area (Å²) in [5.41, 5.74) is 1.39. The number of carbonyl (C=O) groups excluding carboxylic acids is 1. The molecule has 29 heavy (non-hydrogen) atoms. The second kappa shape index (κ2) is 9.17. The zero-order valence-electron chi connectivity index (χ0n) is 16.8. The maximum atomic E-state index is 13.1. The number of hydrogen-bond donors (Lipinski definition) is 1. The van der Waals surface area contributed by atoms with Gasteiger partial charge in [0.2, 0.25) is 11.9 Å². The van der Waals surface area contributed by atoms with Crippen LogP contribution in [0.15, 0.2) is 40.5 Å². The average molecular weight is 417 g/mol. The number of amides is 1. The monoisotopic (exact) mass is 416 g/mol. The summed E-state index contributed by atoms with van der Waals surface area (Å²) in [6, 6.07) is 7.64. The van der Waals surface area contributed by atoms with Gasteiger partial charge in [0.15, 0.2) is 0 Å². The summed E-state index contributed by atoms with van der Waals surface area (Å²) in [6.45, 7) is 7.54. The fourth-order valence-corrected chi connectivity index (χ4v) is 4.02. The standard InChI is InChI=1S/C21H25FN4O2S/c1-4-25(5-2)21-24-17-11-13-29-19(17)20(28)26(21)12-10-18(27)23-14(3)15-6-8-16(22)9-7-15/h6-9,11,13-14H,4-5,10,12H2,1-3H3,(H,23,27)/t14-/m1/s1. The SMILES string of the molecule is CCN(CC)c1nc2ccsc2c(=O)n1CCC(=O)N[C@H](C)c1ccc(F)cc1. The van der Waals surface area contributed by atoms with Crippen molar-refractivity contribution in [3.63, 3.8) is 0 Å². The van der Waals surface area contributed by atoms with E-state index in [0.717, 1.165) is 5.56 Å². The quantitative estimate of drug-likeness (QED) is 0.608. The molecule has 2 aromatic heterocycles. The van der Waals surface area contributed by atoms with Gasteiger partial charge in [-0.3, -0.25) is 14.2 Å². The van der Waals surface area contributed by atoms with Gasteiger partial charge in [-0.1, -0.05) is 12.1 Å². The van der Waals surface area contributed by atoms with Gasteiger partial charge in [0.1, 0.15) is 10.5 Å². The molecule has 0 spiro atoms. The molecule has 0 aliphatic carbocycles. The Hall–Kier alpha value is -2.74. The molecule has 0 aliphatic rings. The third kappa shape index (κ3) is 4.64. The van der Waals surface area contributed by atoms with Crippen LogP contribution >= 0.6 is 11.3 Å². The van der Waals surface area contributed by atoms with E-state index in [4.69, 9.17) is 0 Å². The van der Waals surface area contributed by atoms with Crippen LogP contribution in [0.25, 0.3) is 10.2 Å². The van der Waals surface area contributed by atoms with Crippen molar-refractivity contribution in [3.05, 3.63) is 57.4 Å². The van der Waals surface area contributed by atoms with Crippen molar-refractivity contribution in [1.82, 2.24) is 14.9 Å². The van der Waals surface area contributed by atoms with E-state index >= 15 is 0 Å². The molecule has 1 atom stereocenters. The molecule has 0 bridgehead atoms. The summed E-state index contributed by atoms with van der Waals surface area (Å²) < 4.78 is 15.3. The van der Waals surface area contributed by atoms with Gasteiger partial charge in [-0.05, 0) is 49.9 Å². The van der Waals surface area contributed by atoms with E-state index in [1.54, 1.807) is 16.7 Å². The molecule has 1 N–H and O–H groups in total. The predicted molar refractivity (Wildman–Crippen MR) is 115 cm³/mol. The highest BCUT2D eigenvalue weighted by molar-refractivity contribution is 7.17. The molecule has 1 amide bonds. The highest BCUT2D eigenvalue weighted by Crippen LogP contribution is 2.20. The van der Waals surface area contributed by atoms with Crippen molar-refractivity contribution in [1.29, 1.82) is 0 Å². The Kier molecular flexibility index (Phi) is 6.64. The molecule has 0 saturated heterocycles. The number of nitrogens with zero attached hydrogens (tertiary/aromatic N) is 3. The van der Waals surface area contributed by atoms with Crippen LogP contribution in [0.5, 0.6) is 0 Å². The third-order valence-electron chi connectivity index (χ3n) is 4.90. The molecular weight excluding hydrogens is 391 g/mol. The Morgan fingerprint density at radius 2 is 1.93 bits per heavy atom. The fraction of sp³-hybridized carbons (Fsp3) is 0.381. The summed E-state index contributed by atoms with van der Waals surface area (Å²) >= 11 is 1.36. The van der Waals surface area contributed by atoms with Gasteiger partial charge in [-0.25, -0.2) is 9.37 Å². The van der Waals surface area contributed by atoms with Gasteiger partial charge in [-0.15, -0.1) is 11.3 Å². The summed E-state index contributed by atoms with van der Waals surface area (Å²) in [5, 5.41) is 4.76. The summed E-state index contributed by atoms with van der Waals surface area (Å²) in [7, 11) is 0. The van der Waals surface area contributed by atoms with E-state index < -0.39 is 0 Å². The van der Waals surface area contributed by atoms with Gasteiger partial charge in [0.05, 0.1) is 11.6 Å². The van der Waals surface area contributed by atoms with Crippen molar-refractivity contribution in [2.45, 2.75) is 39.8 Å². The number of fused-ring (bicyclic) bond motifs is 1. The van der Waals surface area contributed by atoms with E-state index in [1.807, 2.05) is 37.1 Å². The van der Waals surface area contributed by atoms with Crippen LogP contribution in [0.4, 0.5) is 10.3 Å². The Morgan fingerprint density at radius 1 is 1.24 bits per heavy atom. The molecule has 0 radical (unpaired) electrons. The van der Waals surface area contributed by atoms with E-state index in [0.29, 0.717) is 29.3 Å². The van der Waals surface area contributed by atoms with Gasteiger partial charge < -0.3 is 10.2 Å². The molecule has 3 rings (SSSR count). The van der Waals surface area contributed by atoms with Crippen molar-refractivity contribution in [2.75, 3.05) is 18.0 Å². The zero-order chi connectivity index (χ0) is 21.0. The number of thiophene rings is 1. The van der Waals surface area contributed by atoms with Gasteiger partial charge >= 0.3 is 0 Å². The predicted octanol–water partition coefficient (Wildman–Crippen LogP) is 3.71. The number of benzene rings is 1. The Bertz CT molecular complexity index is 1040. The molecule has 0 fully saturated rings. The number of carbonyl (C=O) groups is 1. The third-order valence-corrected chi connectivity index (χ3v) is 5.79. The van der Waals surface area contributed by atoms with Crippen molar-refractivity contribution >= 4 is 33.4 Å². The lowest BCUT2D eigenvalue weighted by molar-refractivity contribution is -0.121. The first-order valence-electron chi connectivity index (χ1n) is 9.72. The maximum absolute atomic E-state index is 13.1. The molecular formula is C21H25FN4O2S. The highest BCUT2D eigenvalue weighted by Gasteiger charge is 2.17. The largest absolute Gasteiger partial charge is 0.350 e. The first-order chi connectivity index (χ1) is 13.9. The summed E-state index contributed by atoms with van der Waals surface area (Å²) in [4.78, 5) is 32.1. The molecule has 1 aromatic carbocycles. The van der Waals surface area contributed by atoms with Crippen LogP contribution in [0, 0.1) is 5.82 Å². The molecule has 0 unspecified atom stereocenters. The molecule has 154 valence electrons. The fourth-order valence-electron chi connectivity index (χ4n) is 3.24. The summed E-state index contributed by atoms with van der Waals surface area (Å²) in [6.07, 6.45) is 0.151. The van der Waals surface area contributed by atoms with Gasteiger partial charge in [0, 0.05) is 26.1 Å². The van der Waals surface area contributed by atoms with Gasteiger partial charge in [-0.2, -0.15) is 0 Å². The summed E-state index contributed by atoms with van der Waals surface area (Å²) in [5.74, 6) is 0.0998.